The summed E-state index contributed by atoms with van der Waals surface area (Å²) in [6.45, 7) is 4.90. The predicted octanol–water partition coefficient (Wildman–Crippen LogP) is 3.01. The monoisotopic (exact) mass is 344 g/mol. The minimum atomic E-state index is -0.156. The van der Waals surface area contributed by atoms with Crippen molar-refractivity contribution in [2.75, 3.05) is 18.4 Å². The van der Waals surface area contributed by atoms with Crippen LogP contribution in [-0.4, -0.2) is 28.9 Å². The molecule has 1 fully saturated rings. The Morgan fingerprint density at radius 1 is 1.46 bits per heavy atom. The molecule has 1 saturated heterocycles. The molecule has 128 valence electrons. The highest BCUT2D eigenvalue weighted by atomic mass is 32.1. The van der Waals surface area contributed by atoms with Gasteiger partial charge in [-0.05, 0) is 50.6 Å². The zero-order valence-electron chi connectivity index (χ0n) is 13.9. The molecule has 2 aromatic rings. The van der Waals surface area contributed by atoms with E-state index in [1.54, 1.807) is 11.3 Å². The highest BCUT2D eigenvalue weighted by Gasteiger charge is 2.23. The van der Waals surface area contributed by atoms with Gasteiger partial charge in [-0.25, -0.2) is 4.98 Å². The lowest BCUT2D eigenvalue weighted by atomic mass is 9.96. The first-order valence-electron chi connectivity index (χ1n) is 8.38. The summed E-state index contributed by atoms with van der Waals surface area (Å²) in [5.41, 5.74) is 7.80. The molecular weight excluding hydrogens is 320 g/mol. The highest BCUT2D eigenvalue weighted by molar-refractivity contribution is 7.09. The molecule has 1 amide bonds. The molecule has 24 heavy (non-hydrogen) atoms. The van der Waals surface area contributed by atoms with Crippen molar-refractivity contribution >= 4 is 22.9 Å². The number of carbonyl (C=O) groups excluding carboxylic acids is 1. The summed E-state index contributed by atoms with van der Waals surface area (Å²) in [6, 6.07) is 8.73. The number of nitrogens with zero attached hydrogens (tertiary/aromatic N) is 2. The van der Waals surface area contributed by atoms with Crippen molar-refractivity contribution in [3.8, 4) is 0 Å². The molecule has 1 aliphatic heterocycles. The molecule has 3 rings (SSSR count). The summed E-state index contributed by atoms with van der Waals surface area (Å²) in [6.07, 6.45) is 3.58. The Morgan fingerprint density at radius 3 is 2.92 bits per heavy atom. The maximum absolute atomic E-state index is 11.3. The number of nitrogens with two attached hydrogens (primary N) is 1. The fourth-order valence-electron chi connectivity index (χ4n) is 3.15. The quantitative estimate of drug-likeness (QED) is 0.845. The van der Waals surface area contributed by atoms with E-state index in [1.165, 1.54) is 5.56 Å². The fourth-order valence-corrected chi connectivity index (χ4v) is 3.80. The van der Waals surface area contributed by atoms with Crippen molar-refractivity contribution in [3.05, 3.63) is 46.4 Å². The number of aromatic nitrogens is 1. The van der Waals surface area contributed by atoms with Crippen molar-refractivity contribution in [2.45, 2.75) is 32.4 Å². The number of nitrogens with one attached hydrogen (secondary N) is 1. The van der Waals surface area contributed by atoms with Gasteiger partial charge in [-0.3, -0.25) is 9.69 Å². The van der Waals surface area contributed by atoms with E-state index < -0.39 is 0 Å². The van der Waals surface area contributed by atoms with Gasteiger partial charge in [0.2, 0.25) is 5.91 Å². The fraction of sp³-hybridized carbons (Fsp3) is 0.444. The third-order valence-corrected chi connectivity index (χ3v) is 5.49. The van der Waals surface area contributed by atoms with Crippen LogP contribution in [0, 0.1) is 5.92 Å². The van der Waals surface area contributed by atoms with E-state index >= 15 is 0 Å². The number of likely N-dealkylation sites (tertiary alicyclic amines) is 1. The van der Waals surface area contributed by atoms with Crippen LogP contribution in [-0.2, 0) is 11.3 Å². The van der Waals surface area contributed by atoms with E-state index in [4.69, 9.17) is 5.73 Å². The second-order valence-corrected chi connectivity index (χ2v) is 7.32. The number of carbonyl (C=O) groups is 1. The van der Waals surface area contributed by atoms with Crippen molar-refractivity contribution in [3.63, 3.8) is 0 Å². The highest BCUT2D eigenvalue weighted by Crippen LogP contribution is 2.23. The molecule has 1 aliphatic rings. The third kappa shape index (κ3) is 4.33. The van der Waals surface area contributed by atoms with Crippen LogP contribution in [0.3, 0.4) is 0 Å². The van der Waals surface area contributed by atoms with Gasteiger partial charge in [0.1, 0.15) is 5.01 Å². The van der Waals surface area contributed by atoms with Crippen LogP contribution in [0.5, 0.6) is 0 Å². The van der Waals surface area contributed by atoms with E-state index in [9.17, 15) is 4.79 Å². The SMILES string of the molecule is C[C@@H](Nc1cccc(CN2CCC(C(N)=O)CC2)c1)c1nccs1. The molecule has 5 nitrogen and oxygen atoms in total. The molecule has 1 atom stereocenters. The predicted molar refractivity (Wildman–Crippen MR) is 97.8 cm³/mol. The van der Waals surface area contributed by atoms with Crippen LogP contribution in [0.25, 0.3) is 0 Å². The Morgan fingerprint density at radius 2 is 2.25 bits per heavy atom. The summed E-state index contributed by atoms with van der Waals surface area (Å²) < 4.78 is 0. The topological polar surface area (TPSA) is 71.2 Å². The van der Waals surface area contributed by atoms with Gasteiger partial charge >= 0.3 is 0 Å². The zero-order valence-corrected chi connectivity index (χ0v) is 14.8. The van der Waals surface area contributed by atoms with Gasteiger partial charge in [0, 0.05) is 29.7 Å². The van der Waals surface area contributed by atoms with Crippen molar-refractivity contribution in [1.29, 1.82) is 0 Å². The van der Waals surface area contributed by atoms with Gasteiger partial charge in [0.25, 0.3) is 0 Å². The first-order valence-corrected chi connectivity index (χ1v) is 9.26. The summed E-state index contributed by atoms with van der Waals surface area (Å²) in [4.78, 5) is 18.0. The first-order chi connectivity index (χ1) is 11.6. The van der Waals surface area contributed by atoms with Crippen molar-refractivity contribution in [1.82, 2.24) is 9.88 Å². The molecular formula is C18H24N4OS. The average molecular weight is 344 g/mol. The van der Waals surface area contributed by atoms with Gasteiger partial charge in [-0.1, -0.05) is 12.1 Å². The van der Waals surface area contributed by atoms with Gasteiger partial charge in [-0.15, -0.1) is 11.3 Å². The standard InChI is InChI=1S/C18H24N4OS/c1-13(18-20-7-10-24-18)21-16-4-2-3-14(11-16)12-22-8-5-15(6-9-22)17(19)23/h2-4,7,10-11,13,15,21H,5-6,8-9,12H2,1H3,(H2,19,23)/t13-/m1/s1. The van der Waals surface area contributed by atoms with E-state index in [2.05, 4.69) is 46.4 Å². The Bertz CT molecular complexity index is 665. The number of thiazole rings is 1. The molecule has 0 bridgehead atoms. The maximum Gasteiger partial charge on any atom is 0.220 e. The lowest BCUT2D eigenvalue weighted by molar-refractivity contribution is -0.123. The van der Waals surface area contributed by atoms with Crippen LogP contribution in [0.15, 0.2) is 35.8 Å². The van der Waals surface area contributed by atoms with E-state index in [0.717, 1.165) is 43.2 Å². The smallest absolute Gasteiger partial charge is 0.220 e. The Kier molecular flexibility index (Phi) is 5.48. The Labute approximate surface area is 146 Å². The van der Waals surface area contributed by atoms with Crippen LogP contribution in [0.1, 0.15) is 36.4 Å². The van der Waals surface area contributed by atoms with Crippen LogP contribution in [0.2, 0.25) is 0 Å². The molecule has 0 spiro atoms. The molecule has 3 N–H and O–H groups in total. The molecule has 2 heterocycles. The maximum atomic E-state index is 11.3. The summed E-state index contributed by atoms with van der Waals surface area (Å²) in [5.74, 6) is -0.106. The molecule has 0 unspecified atom stereocenters. The van der Waals surface area contributed by atoms with E-state index in [0.29, 0.717) is 0 Å². The molecule has 1 aromatic carbocycles. The van der Waals surface area contributed by atoms with E-state index in [-0.39, 0.29) is 17.9 Å². The number of rotatable bonds is 6. The molecule has 0 radical (unpaired) electrons. The van der Waals surface area contributed by atoms with Gasteiger partial charge in [0.05, 0.1) is 6.04 Å². The number of benzene rings is 1. The molecule has 0 aliphatic carbocycles. The number of primary amides is 1. The molecule has 1 aromatic heterocycles. The number of piperidine rings is 1. The lowest BCUT2D eigenvalue weighted by Gasteiger charge is -2.30. The number of amides is 1. The molecule has 0 saturated carbocycles. The second-order valence-electron chi connectivity index (χ2n) is 6.39. The summed E-state index contributed by atoms with van der Waals surface area (Å²) in [5, 5.41) is 6.60. The lowest BCUT2D eigenvalue weighted by Crippen LogP contribution is -2.38. The van der Waals surface area contributed by atoms with Crippen LogP contribution < -0.4 is 11.1 Å². The van der Waals surface area contributed by atoms with Crippen LogP contribution in [0.4, 0.5) is 5.69 Å². The second kappa shape index (κ2) is 7.77. The minimum absolute atomic E-state index is 0.0494. The minimum Gasteiger partial charge on any atom is -0.376 e. The third-order valence-electron chi connectivity index (χ3n) is 4.53. The van der Waals surface area contributed by atoms with Crippen molar-refractivity contribution < 1.29 is 4.79 Å². The number of hydrogen-bond donors (Lipinski definition) is 2. The van der Waals surface area contributed by atoms with E-state index in [1.807, 2.05) is 11.6 Å². The number of anilines is 1. The number of hydrogen-bond acceptors (Lipinski definition) is 5. The largest absolute Gasteiger partial charge is 0.376 e. The summed E-state index contributed by atoms with van der Waals surface area (Å²) in [7, 11) is 0. The molecule has 6 heteroatoms. The zero-order chi connectivity index (χ0) is 16.9. The summed E-state index contributed by atoms with van der Waals surface area (Å²) >= 11 is 1.67. The van der Waals surface area contributed by atoms with Crippen LogP contribution >= 0.6 is 11.3 Å². The van der Waals surface area contributed by atoms with Crippen molar-refractivity contribution in [2.24, 2.45) is 11.7 Å². The van der Waals surface area contributed by atoms with Gasteiger partial charge in [0.15, 0.2) is 0 Å². The van der Waals surface area contributed by atoms with Gasteiger partial charge in [-0.2, -0.15) is 0 Å². The normalized spacial score (nSPS) is 17.5. The Hall–Kier alpha value is -1.92. The van der Waals surface area contributed by atoms with Gasteiger partial charge < -0.3 is 11.1 Å². The first kappa shape index (κ1) is 16.9. The average Bonchev–Trinajstić information content (AvgIpc) is 3.10. The Balaban J connectivity index is 1.57.